The molecule has 26 heavy (non-hydrogen) atoms. The van der Waals surface area contributed by atoms with Crippen LogP contribution >= 0.6 is 0 Å². The summed E-state index contributed by atoms with van der Waals surface area (Å²) in [5.74, 6) is 1.32. The van der Waals surface area contributed by atoms with E-state index in [1.807, 2.05) is 37.3 Å². The van der Waals surface area contributed by atoms with Gasteiger partial charge >= 0.3 is 0 Å². The van der Waals surface area contributed by atoms with Crippen molar-refractivity contribution in [1.82, 2.24) is 15.3 Å². The lowest BCUT2D eigenvalue weighted by molar-refractivity contribution is 0.108. The van der Waals surface area contributed by atoms with Crippen molar-refractivity contribution in [3.63, 3.8) is 0 Å². The van der Waals surface area contributed by atoms with Crippen molar-refractivity contribution in [3.8, 4) is 17.1 Å². The second kappa shape index (κ2) is 8.21. The Balaban J connectivity index is 1.82. The van der Waals surface area contributed by atoms with Gasteiger partial charge in [0, 0.05) is 29.6 Å². The number of rotatable bonds is 7. The van der Waals surface area contributed by atoms with Gasteiger partial charge in [-0.3, -0.25) is 4.99 Å². The minimum atomic E-state index is -0.553. The summed E-state index contributed by atoms with van der Waals surface area (Å²) in [5, 5.41) is 12.7. The highest BCUT2D eigenvalue weighted by Gasteiger charge is 2.17. The minimum Gasteiger partial charge on any atom is -0.491 e. The number of ether oxygens (including phenoxy) is 1. The molecule has 1 unspecified atom stereocenters. The number of aliphatic hydroxyl groups is 1. The van der Waals surface area contributed by atoms with Crippen LogP contribution in [0.3, 0.4) is 0 Å². The van der Waals surface area contributed by atoms with Gasteiger partial charge in [-0.25, -0.2) is 9.97 Å². The number of nitrogens with zero attached hydrogens (tertiary/aromatic N) is 3. The van der Waals surface area contributed by atoms with Crippen LogP contribution in [-0.4, -0.2) is 53.6 Å². The second-order valence-electron chi connectivity index (χ2n) is 6.37. The number of hydrogen-bond donors (Lipinski definition) is 2. The van der Waals surface area contributed by atoms with Crippen molar-refractivity contribution in [2.24, 2.45) is 4.99 Å². The van der Waals surface area contributed by atoms with Gasteiger partial charge in [-0.1, -0.05) is 12.1 Å². The SMILES string of the molecule is CNCC(O)COc1cccc(-c2nccc(C3=C(C)CN=C3C)n2)c1. The number of aromatic nitrogens is 2. The molecular weight excluding hydrogens is 328 g/mol. The Labute approximate surface area is 153 Å². The van der Waals surface area contributed by atoms with Crippen molar-refractivity contribution in [3.05, 3.63) is 47.8 Å². The van der Waals surface area contributed by atoms with Crippen LogP contribution < -0.4 is 10.1 Å². The topological polar surface area (TPSA) is 79.6 Å². The summed E-state index contributed by atoms with van der Waals surface area (Å²) in [6.45, 7) is 5.55. The van der Waals surface area contributed by atoms with Gasteiger partial charge in [0.1, 0.15) is 18.5 Å². The first kappa shape index (κ1) is 18.2. The summed E-state index contributed by atoms with van der Waals surface area (Å²) in [6, 6.07) is 9.52. The molecule has 2 N–H and O–H groups in total. The first-order chi connectivity index (χ1) is 12.6. The zero-order valence-corrected chi connectivity index (χ0v) is 15.4. The third kappa shape index (κ3) is 4.15. The molecule has 1 aromatic carbocycles. The summed E-state index contributed by atoms with van der Waals surface area (Å²) in [4.78, 5) is 13.6. The number of likely N-dealkylation sites (N-methyl/N-ethyl adjacent to an activating group) is 1. The molecule has 1 aliphatic heterocycles. The molecule has 1 aliphatic rings. The highest BCUT2D eigenvalue weighted by molar-refractivity contribution is 6.24. The maximum absolute atomic E-state index is 9.78. The van der Waals surface area contributed by atoms with Crippen LogP contribution in [0, 0.1) is 0 Å². The number of hydrogen-bond acceptors (Lipinski definition) is 6. The van der Waals surface area contributed by atoms with Crippen LogP contribution in [0.2, 0.25) is 0 Å². The van der Waals surface area contributed by atoms with Crippen molar-refractivity contribution in [2.75, 3.05) is 26.7 Å². The van der Waals surface area contributed by atoms with Crippen LogP contribution in [0.4, 0.5) is 0 Å². The van der Waals surface area contributed by atoms with E-state index in [0.29, 0.717) is 18.1 Å². The molecule has 136 valence electrons. The molecule has 0 spiro atoms. The van der Waals surface area contributed by atoms with Crippen molar-refractivity contribution >= 4 is 11.3 Å². The quantitative estimate of drug-likeness (QED) is 0.800. The molecule has 0 aliphatic carbocycles. The van der Waals surface area contributed by atoms with E-state index in [9.17, 15) is 5.11 Å². The van der Waals surface area contributed by atoms with Crippen LogP contribution in [0.5, 0.6) is 5.75 Å². The van der Waals surface area contributed by atoms with E-state index in [4.69, 9.17) is 9.72 Å². The molecule has 0 saturated carbocycles. The molecule has 6 nitrogen and oxygen atoms in total. The van der Waals surface area contributed by atoms with E-state index in [2.05, 4.69) is 22.2 Å². The van der Waals surface area contributed by atoms with E-state index in [1.165, 1.54) is 5.57 Å². The summed E-state index contributed by atoms with van der Waals surface area (Å²) < 4.78 is 5.67. The number of aliphatic imine (C=N–C) groups is 1. The minimum absolute atomic E-state index is 0.229. The molecule has 0 fully saturated rings. The van der Waals surface area contributed by atoms with Gasteiger partial charge in [0.05, 0.1) is 12.2 Å². The Morgan fingerprint density at radius 1 is 1.27 bits per heavy atom. The fraction of sp³-hybridized carbons (Fsp3) is 0.350. The highest BCUT2D eigenvalue weighted by Crippen LogP contribution is 2.26. The molecule has 3 rings (SSSR count). The van der Waals surface area contributed by atoms with Crippen molar-refractivity contribution < 1.29 is 9.84 Å². The van der Waals surface area contributed by atoms with Gasteiger partial charge in [-0.05, 0) is 44.7 Å². The maximum Gasteiger partial charge on any atom is 0.159 e. The number of benzene rings is 1. The zero-order valence-electron chi connectivity index (χ0n) is 15.4. The molecule has 0 radical (unpaired) electrons. The second-order valence-corrected chi connectivity index (χ2v) is 6.37. The Morgan fingerprint density at radius 2 is 2.12 bits per heavy atom. The number of nitrogens with one attached hydrogen (secondary N) is 1. The maximum atomic E-state index is 9.78. The number of allylic oxidation sites excluding steroid dienone is 1. The zero-order chi connectivity index (χ0) is 18.5. The molecule has 2 heterocycles. The smallest absolute Gasteiger partial charge is 0.159 e. The standard InChI is InChI=1S/C20H24N4O2/c1-13-10-23-14(2)19(13)18-7-8-22-20(24-18)15-5-4-6-17(9-15)26-12-16(25)11-21-3/h4-9,16,21,25H,10-12H2,1-3H3. The molecule has 1 atom stereocenters. The lowest BCUT2D eigenvalue weighted by Crippen LogP contribution is -2.29. The monoisotopic (exact) mass is 352 g/mol. The lowest BCUT2D eigenvalue weighted by Gasteiger charge is -2.12. The first-order valence-electron chi connectivity index (χ1n) is 8.69. The van der Waals surface area contributed by atoms with E-state index in [0.717, 1.165) is 29.1 Å². The van der Waals surface area contributed by atoms with E-state index < -0.39 is 6.10 Å². The molecule has 0 saturated heterocycles. The average molecular weight is 352 g/mol. The van der Waals surface area contributed by atoms with Gasteiger partial charge in [-0.2, -0.15) is 0 Å². The Morgan fingerprint density at radius 3 is 2.85 bits per heavy atom. The lowest BCUT2D eigenvalue weighted by atomic mass is 10.0. The van der Waals surface area contributed by atoms with E-state index in [-0.39, 0.29) is 6.61 Å². The van der Waals surface area contributed by atoms with Gasteiger partial charge in [0.25, 0.3) is 0 Å². The van der Waals surface area contributed by atoms with Gasteiger partial charge in [-0.15, -0.1) is 0 Å². The Kier molecular flexibility index (Phi) is 5.75. The summed E-state index contributed by atoms with van der Waals surface area (Å²) >= 11 is 0. The molecule has 6 heteroatoms. The largest absolute Gasteiger partial charge is 0.491 e. The highest BCUT2D eigenvalue weighted by atomic mass is 16.5. The summed E-state index contributed by atoms with van der Waals surface area (Å²) in [5.41, 5.74) is 5.11. The van der Waals surface area contributed by atoms with Gasteiger partial charge in [0.15, 0.2) is 5.82 Å². The molecule has 0 bridgehead atoms. The van der Waals surface area contributed by atoms with Crippen LogP contribution in [-0.2, 0) is 0 Å². The van der Waals surface area contributed by atoms with Crippen molar-refractivity contribution in [2.45, 2.75) is 20.0 Å². The van der Waals surface area contributed by atoms with Crippen LogP contribution in [0.1, 0.15) is 19.5 Å². The predicted molar refractivity (Wildman–Crippen MR) is 103 cm³/mol. The Bertz CT molecular complexity index is 845. The number of aliphatic hydroxyl groups excluding tert-OH is 1. The molecule has 2 aromatic rings. The third-order valence-corrected chi connectivity index (χ3v) is 4.23. The molecular formula is C20H24N4O2. The van der Waals surface area contributed by atoms with E-state index in [1.54, 1.807) is 13.2 Å². The summed E-state index contributed by atoms with van der Waals surface area (Å²) in [7, 11) is 1.79. The first-order valence-corrected chi connectivity index (χ1v) is 8.69. The van der Waals surface area contributed by atoms with Gasteiger partial charge in [0.2, 0.25) is 0 Å². The normalized spacial score (nSPS) is 15.2. The van der Waals surface area contributed by atoms with Crippen LogP contribution in [0.25, 0.3) is 17.0 Å². The Hall–Kier alpha value is -2.57. The summed E-state index contributed by atoms with van der Waals surface area (Å²) in [6.07, 6.45) is 1.22. The average Bonchev–Trinajstić information content (AvgIpc) is 2.99. The van der Waals surface area contributed by atoms with Crippen LogP contribution in [0.15, 0.2) is 47.1 Å². The fourth-order valence-corrected chi connectivity index (χ4v) is 2.96. The third-order valence-electron chi connectivity index (χ3n) is 4.23. The molecule has 1 aromatic heterocycles. The fourth-order valence-electron chi connectivity index (χ4n) is 2.96. The predicted octanol–water partition coefficient (Wildman–Crippen LogP) is 2.35. The van der Waals surface area contributed by atoms with Gasteiger partial charge < -0.3 is 15.2 Å². The molecule has 0 amide bonds. The van der Waals surface area contributed by atoms with E-state index >= 15 is 0 Å². The van der Waals surface area contributed by atoms with Crippen molar-refractivity contribution in [1.29, 1.82) is 0 Å².